The zero-order valence-corrected chi connectivity index (χ0v) is 16.2. The van der Waals surface area contributed by atoms with Crippen molar-refractivity contribution in [3.63, 3.8) is 0 Å². The first-order valence-electron chi connectivity index (χ1n) is 9.81. The highest BCUT2D eigenvalue weighted by atomic mass is 19.2. The number of ether oxygens (including phenoxy) is 1. The molecule has 1 fully saturated rings. The zero-order chi connectivity index (χ0) is 21.4. The number of nitrogens with one attached hydrogen (secondary N) is 2. The highest BCUT2D eigenvalue weighted by Gasteiger charge is 2.23. The number of amides is 1. The number of carbonyl (C=O) groups excluding carboxylic acids is 1. The summed E-state index contributed by atoms with van der Waals surface area (Å²) in [6.07, 6.45) is 4.81. The summed E-state index contributed by atoms with van der Waals surface area (Å²) in [6.45, 7) is 0. The third-order valence-corrected chi connectivity index (χ3v) is 5.31. The molecule has 2 N–H and O–H groups in total. The van der Waals surface area contributed by atoms with Crippen LogP contribution in [0.4, 0.5) is 14.5 Å². The third-order valence-electron chi connectivity index (χ3n) is 5.31. The molecule has 0 spiro atoms. The highest BCUT2D eigenvalue weighted by molar-refractivity contribution is 6.12. The first kappa shape index (κ1) is 19.2. The lowest BCUT2D eigenvalue weighted by molar-refractivity contribution is 0.102. The lowest BCUT2D eigenvalue weighted by atomic mass is 10.1. The monoisotopic (exact) mass is 425 g/mol. The van der Waals surface area contributed by atoms with Crippen molar-refractivity contribution in [3.8, 4) is 17.1 Å². The minimum Gasteiger partial charge on any atom is -0.487 e. The van der Waals surface area contributed by atoms with Gasteiger partial charge in [0.2, 0.25) is 11.6 Å². The molecule has 10 heteroatoms. The summed E-state index contributed by atoms with van der Waals surface area (Å²) in [6, 6.07) is 7.64. The Labute approximate surface area is 174 Å². The van der Waals surface area contributed by atoms with E-state index in [1.54, 1.807) is 18.2 Å². The molecule has 2 heterocycles. The predicted molar refractivity (Wildman–Crippen MR) is 107 cm³/mol. The van der Waals surface area contributed by atoms with E-state index < -0.39 is 17.5 Å². The topological polar surface area (TPSA) is 106 Å². The van der Waals surface area contributed by atoms with Crippen molar-refractivity contribution in [3.05, 3.63) is 53.8 Å². The number of rotatable bonds is 5. The molecule has 0 bridgehead atoms. The summed E-state index contributed by atoms with van der Waals surface area (Å²) in [4.78, 5) is 12.7. The van der Waals surface area contributed by atoms with Gasteiger partial charge in [0.1, 0.15) is 11.8 Å². The highest BCUT2D eigenvalue weighted by Crippen LogP contribution is 2.31. The van der Waals surface area contributed by atoms with Gasteiger partial charge in [-0.2, -0.15) is 9.60 Å². The average Bonchev–Trinajstić information content (AvgIpc) is 3.54. The van der Waals surface area contributed by atoms with Crippen LogP contribution in [0.15, 0.2) is 41.0 Å². The number of carbonyl (C=O) groups is 1. The van der Waals surface area contributed by atoms with Gasteiger partial charge in [0.05, 0.1) is 17.4 Å². The second-order valence-corrected chi connectivity index (χ2v) is 7.31. The fourth-order valence-electron chi connectivity index (χ4n) is 3.72. The number of furan rings is 1. The number of tetrazole rings is 1. The Bertz CT molecular complexity index is 1250. The van der Waals surface area contributed by atoms with Crippen molar-refractivity contribution in [2.45, 2.75) is 31.8 Å². The Kier molecular flexibility index (Phi) is 4.81. The number of anilines is 1. The second kappa shape index (κ2) is 7.78. The molecular weight excluding hydrogens is 408 g/mol. The number of hydrogen-bond donors (Lipinski definition) is 2. The lowest BCUT2D eigenvalue weighted by Gasteiger charge is -2.15. The van der Waals surface area contributed by atoms with Crippen molar-refractivity contribution >= 4 is 22.6 Å². The predicted octanol–water partition coefficient (Wildman–Crippen LogP) is 4.46. The van der Waals surface area contributed by atoms with E-state index in [1.807, 2.05) is 0 Å². The molecule has 1 aliphatic carbocycles. The molecule has 2 aromatic carbocycles. The van der Waals surface area contributed by atoms with Crippen LogP contribution in [-0.4, -0.2) is 32.6 Å². The molecule has 2 aromatic heterocycles. The summed E-state index contributed by atoms with van der Waals surface area (Å²) in [5.74, 6) is -2.69. The van der Waals surface area contributed by atoms with E-state index in [4.69, 9.17) is 9.15 Å². The van der Waals surface area contributed by atoms with Crippen molar-refractivity contribution < 1.29 is 22.7 Å². The van der Waals surface area contributed by atoms with Gasteiger partial charge in [-0.1, -0.05) is 6.07 Å². The van der Waals surface area contributed by atoms with Gasteiger partial charge >= 0.3 is 0 Å². The fourth-order valence-corrected chi connectivity index (χ4v) is 3.72. The quantitative estimate of drug-likeness (QED) is 0.489. The number of nitrogens with zero attached hydrogens (tertiary/aromatic N) is 3. The number of H-pyrrole nitrogens is 1. The SMILES string of the molecule is O=C(Nc1ccc(OC2CCCC2)c(F)c1F)c1coc2cc(-c3nn[nH]n3)ccc12. The second-order valence-electron chi connectivity index (χ2n) is 7.31. The van der Waals surface area contributed by atoms with Crippen LogP contribution in [0.25, 0.3) is 22.4 Å². The summed E-state index contributed by atoms with van der Waals surface area (Å²) in [5.41, 5.74) is 0.965. The average molecular weight is 425 g/mol. The molecule has 5 rings (SSSR count). The molecule has 31 heavy (non-hydrogen) atoms. The van der Waals surface area contributed by atoms with Gasteiger partial charge in [-0.15, -0.1) is 10.2 Å². The van der Waals surface area contributed by atoms with Crippen LogP contribution >= 0.6 is 0 Å². The Hall–Kier alpha value is -3.82. The van der Waals surface area contributed by atoms with Gasteiger partial charge in [-0.05, 0) is 55.2 Å². The van der Waals surface area contributed by atoms with Gasteiger partial charge in [-0.25, -0.2) is 4.39 Å². The van der Waals surface area contributed by atoms with Crippen LogP contribution in [0.1, 0.15) is 36.0 Å². The summed E-state index contributed by atoms with van der Waals surface area (Å²) < 4.78 is 40.0. The van der Waals surface area contributed by atoms with Crippen molar-refractivity contribution in [1.29, 1.82) is 0 Å². The van der Waals surface area contributed by atoms with Crippen LogP contribution in [0.5, 0.6) is 5.75 Å². The minimum atomic E-state index is -1.17. The molecule has 4 aromatic rings. The van der Waals surface area contributed by atoms with Crippen LogP contribution in [0, 0.1) is 11.6 Å². The molecule has 8 nitrogen and oxygen atoms in total. The third kappa shape index (κ3) is 3.60. The minimum absolute atomic E-state index is 0.107. The van der Waals surface area contributed by atoms with E-state index in [-0.39, 0.29) is 23.1 Å². The first-order valence-corrected chi connectivity index (χ1v) is 9.81. The number of fused-ring (bicyclic) bond motifs is 1. The Morgan fingerprint density at radius 2 is 2.00 bits per heavy atom. The Morgan fingerprint density at radius 3 is 2.77 bits per heavy atom. The number of halogens is 2. The Morgan fingerprint density at radius 1 is 1.16 bits per heavy atom. The summed E-state index contributed by atoms with van der Waals surface area (Å²) in [5, 5.41) is 16.6. The van der Waals surface area contributed by atoms with E-state index in [9.17, 15) is 13.6 Å². The Balaban J connectivity index is 1.37. The molecule has 0 radical (unpaired) electrons. The van der Waals surface area contributed by atoms with Crippen molar-refractivity contribution in [2.75, 3.05) is 5.32 Å². The van der Waals surface area contributed by atoms with Gasteiger partial charge in [0.15, 0.2) is 11.6 Å². The maximum Gasteiger partial charge on any atom is 0.259 e. The van der Waals surface area contributed by atoms with Crippen molar-refractivity contribution in [1.82, 2.24) is 20.6 Å². The van der Waals surface area contributed by atoms with Gasteiger partial charge in [0.25, 0.3) is 5.91 Å². The summed E-state index contributed by atoms with van der Waals surface area (Å²) in [7, 11) is 0. The molecule has 1 aliphatic rings. The largest absolute Gasteiger partial charge is 0.487 e. The van der Waals surface area contributed by atoms with Crippen LogP contribution in [-0.2, 0) is 0 Å². The van der Waals surface area contributed by atoms with Crippen LogP contribution < -0.4 is 10.1 Å². The molecule has 0 unspecified atom stereocenters. The number of hydrogen-bond acceptors (Lipinski definition) is 6. The molecule has 0 atom stereocenters. The smallest absolute Gasteiger partial charge is 0.259 e. The molecule has 0 aliphatic heterocycles. The maximum atomic E-state index is 14.5. The molecule has 158 valence electrons. The molecule has 1 amide bonds. The number of aromatic nitrogens is 4. The standard InChI is InChI=1S/C21H17F2N5O3/c22-18-15(7-8-16(19(18)23)31-12-3-1-2-4-12)24-21(29)14-10-30-17-9-11(5-6-13(14)17)20-25-27-28-26-20/h5-10,12H,1-4H2,(H,24,29)(H,25,26,27,28). The number of benzene rings is 2. The van der Waals surface area contributed by atoms with E-state index >= 15 is 0 Å². The zero-order valence-electron chi connectivity index (χ0n) is 16.2. The molecule has 1 saturated carbocycles. The van der Waals surface area contributed by atoms with Crippen LogP contribution in [0.2, 0.25) is 0 Å². The van der Waals surface area contributed by atoms with E-state index in [0.29, 0.717) is 22.4 Å². The van der Waals surface area contributed by atoms with E-state index in [2.05, 4.69) is 25.9 Å². The lowest BCUT2D eigenvalue weighted by Crippen LogP contribution is -2.15. The van der Waals surface area contributed by atoms with Crippen LogP contribution in [0.3, 0.4) is 0 Å². The van der Waals surface area contributed by atoms with E-state index in [1.165, 1.54) is 18.4 Å². The normalized spacial score (nSPS) is 14.3. The number of aromatic amines is 1. The first-order chi connectivity index (χ1) is 15.1. The van der Waals surface area contributed by atoms with Gasteiger partial charge in [-0.3, -0.25) is 4.79 Å². The van der Waals surface area contributed by atoms with Gasteiger partial charge in [0, 0.05) is 10.9 Å². The summed E-state index contributed by atoms with van der Waals surface area (Å²) >= 11 is 0. The van der Waals surface area contributed by atoms with Crippen molar-refractivity contribution in [2.24, 2.45) is 0 Å². The molecule has 0 saturated heterocycles. The maximum absolute atomic E-state index is 14.5. The molecular formula is C21H17F2N5O3. The van der Waals surface area contributed by atoms with Gasteiger partial charge < -0.3 is 14.5 Å². The van der Waals surface area contributed by atoms with E-state index in [0.717, 1.165) is 25.7 Å². The fraction of sp³-hybridized carbons (Fsp3) is 0.238.